The summed E-state index contributed by atoms with van der Waals surface area (Å²) >= 11 is 0. The minimum absolute atomic E-state index is 0.0499. The Morgan fingerprint density at radius 1 is 1.02 bits per heavy atom. The number of nitrogens with zero attached hydrogens (tertiary/aromatic N) is 3. The van der Waals surface area contributed by atoms with E-state index in [4.69, 9.17) is 33.7 Å². The van der Waals surface area contributed by atoms with Crippen LogP contribution in [0.4, 0.5) is 9.18 Å². The number of hydrogen-bond donors (Lipinski definition) is 2. The Labute approximate surface area is 359 Å². The highest BCUT2D eigenvalue weighted by molar-refractivity contribution is 6.03. The van der Waals surface area contributed by atoms with E-state index in [1.165, 1.54) is 12.1 Å². The van der Waals surface area contributed by atoms with E-state index in [0.29, 0.717) is 55.9 Å². The SMILES string of the molecule is C=CCCOC(=O)N(Cc1ccc(F)cc1)[C@H]1CC(=NOC2CCCCO2)C2=C[C@H](CCCCO)[C@@H](CCCCO)[C@@H]3c4cc(OCCN5CC5)ccc4O[C@@]1(OCC=C)[C@H]23. The van der Waals surface area contributed by atoms with Crippen molar-refractivity contribution in [2.45, 2.75) is 101 Å². The second kappa shape index (κ2) is 21.7. The van der Waals surface area contributed by atoms with Crippen LogP contribution in [0.3, 0.4) is 0 Å². The predicted molar refractivity (Wildman–Crippen MR) is 230 cm³/mol. The Morgan fingerprint density at radius 3 is 2.54 bits per heavy atom. The number of allylic oxidation sites excluding steroid dienone is 1. The van der Waals surface area contributed by atoms with Crippen LogP contribution in [0.1, 0.15) is 87.7 Å². The average molecular weight is 846 g/mol. The summed E-state index contributed by atoms with van der Waals surface area (Å²) in [5, 5.41) is 24.8. The lowest BCUT2D eigenvalue weighted by atomic mass is 9.55. The number of halogens is 1. The Hall–Kier alpha value is -4.27. The molecular weight excluding hydrogens is 782 g/mol. The van der Waals surface area contributed by atoms with E-state index >= 15 is 0 Å². The van der Waals surface area contributed by atoms with Gasteiger partial charge in [-0.15, -0.1) is 13.2 Å². The van der Waals surface area contributed by atoms with Gasteiger partial charge in [-0.3, -0.25) is 9.80 Å². The summed E-state index contributed by atoms with van der Waals surface area (Å²) in [7, 11) is 0. The van der Waals surface area contributed by atoms with Crippen molar-refractivity contribution in [1.82, 2.24) is 9.80 Å². The molecule has 2 aromatic rings. The zero-order chi connectivity index (χ0) is 42.6. The Balaban J connectivity index is 1.42. The first-order valence-electron chi connectivity index (χ1n) is 22.4. The second-order valence-corrected chi connectivity index (χ2v) is 16.8. The van der Waals surface area contributed by atoms with Crippen molar-refractivity contribution in [3.05, 3.63) is 96.4 Å². The van der Waals surface area contributed by atoms with E-state index in [1.54, 1.807) is 29.2 Å². The molecule has 0 radical (unpaired) electrons. The smallest absolute Gasteiger partial charge is 0.410 e. The lowest BCUT2D eigenvalue weighted by Gasteiger charge is -2.60. The van der Waals surface area contributed by atoms with Crippen molar-refractivity contribution in [3.63, 3.8) is 0 Å². The van der Waals surface area contributed by atoms with Crippen LogP contribution in [0.2, 0.25) is 0 Å². The maximum Gasteiger partial charge on any atom is 0.410 e. The highest BCUT2D eigenvalue weighted by Gasteiger charge is 2.65. The Morgan fingerprint density at radius 2 is 1.82 bits per heavy atom. The largest absolute Gasteiger partial charge is 0.492 e. The number of unbranched alkanes of at least 4 members (excludes halogenated alkanes) is 2. The first-order chi connectivity index (χ1) is 29.9. The van der Waals surface area contributed by atoms with Gasteiger partial charge in [-0.2, -0.15) is 0 Å². The minimum atomic E-state index is -1.48. The summed E-state index contributed by atoms with van der Waals surface area (Å²) in [6.45, 7) is 12.5. The van der Waals surface area contributed by atoms with Crippen LogP contribution in [0.5, 0.6) is 11.5 Å². The molecule has 1 unspecified atom stereocenters. The molecule has 61 heavy (non-hydrogen) atoms. The van der Waals surface area contributed by atoms with Crippen molar-refractivity contribution in [2.24, 2.45) is 22.9 Å². The number of ether oxygens (including phenoxy) is 5. The van der Waals surface area contributed by atoms with E-state index in [2.05, 4.69) is 30.2 Å². The van der Waals surface area contributed by atoms with Crippen LogP contribution in [-0.4, -0.2) is 109 Å². The van der Waals surface area contributed by atoms with Crippen molar-refractivity contribution < 1.29 is 47.9 Å². The molecule has 3 fully saturated rings. The molecule has 2 aromatic carbocycles. The molecule has 7 atom stereocenters. The molecule has 1 amide bonds. The summed E-state index contributed by atoms with van der Waals surface area (Å²) in [4.78, 5) is 24.8. The molecule has 0 aromatic heterocycles. The lowest BCUT2D eigenvalue weighted by Crippen LogP contribution is -2.70. The molecule has 3 aliphatic heterocycles. The molecule has 5 aliphatic rings. The number of fused-ring (bicyclic) bond motifs is 2. The van der Waals surface area contributed by atoms with Gasteiger partial charge in [-0.25, -0.2) is 9.18 Å². The summed E-state index contributed by atoms with van der Waals surface area (Å²) in [6, 6.07) is 11.3. The maximum absolute atomic E-state index is 14.6. The molecule has 2 aliphatic carbocycles. The molecule has 13 heteroatoms. The average Bonchev–Trinajstić information content (AvgIpc) is 4.11. The summed E-state index contributed by atoms with van der Waals surface area (Å²) in [5.74, 6) is -1.10. The summed E-state index contributed by atoms with van der Waals surface area (Å²) < 4.78 is 47.1. The van der Waals surface area contributed by atoms with E-state index < -0.39 is 30.1 Å². The van der Waals surface area contributed by atoms with Gasteiger partial charge in [0.2, 0.25) is 12.1 Å². The number of carbonyl (C=O) groups excluding carboxylic acids is 1. The van der Waals surface area contributed by atoms with Crippen LogP contribution >= 0.6 is 0 Å². The predicted octanol–water partition coefficient (Wildman–Crippen LogP) is 7.90. The van der Waals surface area contributed by atoms with Crippen LogP contribution in [-0.2, 0) is 25.6 Å². The van der Waals surface area contributed by atoms with Crippen LogP contribution in [0.25, 0.3) is 0 Å². The molecule has 7 rings (SSSR count). The third kappa shape index (κ3) is 10.9. The molecule has 1 saturated carbocycles. The lowest BCUT2D eigenvalue weighted by molar-refractivity contribution is -0.256. The third-order valence-corrected chi connectivity index (χ3v) is 12.7. The highest BCUT2D eigenvalue weighted by atomic mass is 19.1. The number of aliphatic hydroxyl groups is 2. The number of oxime groups is 1. The van der Waals surface area contributed by atoms with Crippen LogP contribution in [0, 0.1) is 23.6 Å². The molecule has 332 valence electrons. The molecule has 3 heterocycles. The highest BCUT2D eigenvalue weighted by Crippen LogP contribution is 2.62. The zero-order valence-corrected chi connectivity index (χ0v) is 35.5. The molecule has 12 nitrogen and oxygen atoms in total. The van der Waals surface area contributed by atoms with Gasteiger partial charge in [0, 0.05) is 63.7 Å². The number of amides is 1. The van der Waals surface area contributed by atoms with Gasteiger partial charge in [-0.05, 0) is 98.2 Å². The van der Waals surface area contributed by atoms with Gasteiger partial charge in [0.05, 0.1) is 31.5 Å². The Bertz CT molecular complexity index is 1830. The summed E-state index contributed by atoms with van der Waals surface area (Å²) in [6.07, 6.45) is 12.5. The van der Waals surface area contributed by atoms with E-state index in [-0.39, 0.29) is 63.0 Å². The van der Waals surface area contributed by atoms with Gasteiger partial charge < -0.3 is 38.7 Å². The summed E-state index contributed by atoms with van der Waals surface area (Å²) in [5.41, 5.74) is 3.26. The molecular formula is C48H64FN3O9. The van der Waals surface area contributed by atoms with Gasteiger partial charge in [-0.1, -0.05) is 48.4 Å². The van der Waals surface area contributed by atoms with Gasteiger partial charge in [0.25, 0.3) is 0 Å². The first kappa shape index (κ1) is 44.8. The maximum atomic E-state index is 14.6. The van der Waals surface area contributed by atoms with E-state index in [9.17, 15) is 19.4 Å². The normalized spacial score (nSPS) is 27.2. The molecule has 2 N–H and O–H groups in total. The van der Waals surface area contributed by atoms with Crippen molar-refractivity contribution in [2.75, 3.05) is 59.3 Å². The number of rotatable bonds is 23. The topological polar surface area (TPSA) is 132 Å². The van der Waals surface area contributed by atoms with Crippen molar-refractivity contribution >= 4 is 11.8 Å². The molecule has 0 bridgehead atoms. The number of aliphatic hydroxyl groups excluding tert-OH is 2. The van der Waals surface area contributed by atoms with Crippen molar-refractivity contribution in [1.29, 1.82) is 0 Å². The number of benzene rings is 2. The van der Waals surface area contributed by atoms with Gasteiger partial charge in [0.1, 0.15) is 30.0 Å². The van der Waals surface area contributed by atoms with Crippen LogP contribution in [0.15, 0.2) is 84.6 Å². The number of hydrogen-bond acceptors (Lipinski definition) is 11. The quantitative estimate of drug-likeness (QED) is 0.0493. The standard InChI is InChI=1S/C48H64FN3O9/c1-3-5-27-58-47(55)52(33-34-15-17-36(49)18-16-34)43-32-41(50-61-44-14-8-11-28-57-44)39-30-35(12-6-9-24-53)38(13-7-10-25-54)45-40-31-37(56-29-23-51-21-22-51)19-20-42(40)60-48(43,46(39)45)59-26-4-2/h3-4,15-20,30-31,35,38,43-46,53-54H,1-2,5-14,21-29,32-33H2/t35-,38+,43-,44?,45+,46+,48+/m0/s1. The molecule has 0 spiro atoms. The fraction of sp³-hybridized carbons (Fsp3) is 0.583. The zero-order valence-electron chi connectivity index (χ0n) is 35.5. The van der Waals surface area contributed by atoms with E-state index in [1.807, 2.05) is 12.1 Å². The monoisotopic (exact) mass is 845 g/mol. The second-order valence-electron chi connectivity index (χ2n) is 16.8. The Kier molecular flexibility index (Phi) is 15.9. The van der Waals surface area contributed by atoms with Gasteiger partial charge in [0.15, 0.2) is 0 Å². The number of carbonyl (C=O) groups is 1. The third-order valence-electron chi connectivity index (χ3n) is 12.7. The molecule has 2 saturated heterocycles. The van der Waals surface area contributed by atoms with Gasteiger partial charge >= 0.3 is 6.09 Å². The fourth-order valence-corrected chi connectivity index (χ4v) is 9.64. The fourth-order valence-electron chi connectivity index (χ4n) is 9.64. The minimum Gasteiger partial charge on any atom is -0.492 e. The van der Waals surface area contributed by atoms with Crippen LogP contribution < -0.4 is 9.47 Å². The first-order valence-corrected chi connectivity index (χ1v) is 22.4. The van der Waals surface area contributed by atoms with Crippen molar-refractivity contribution in [3.8, 4) is 11.5 Å². The van der Waals surface area contributed by atoms with E-state index in [0.717, 1.165) is 75.0 Å².